The zero-order valence-electron chi connectivity index (χ0n) is 13.6. The van der Waals surface area contributed by atoms with Crippen LogP contribution >= 0.6 is 0 Å². The van der Waals surface area contributed by atoms with E-state index in [2.05, 4.69) is 15.4 Å². The minimum Gasteiger partial charge on any atom is -0.491 e. The monoisotopic (exact) mass is 330 g/mol. The van der Waals surface area contributed by atoms with Crippen molar-refractivity contribution in [1.82, 2.24) is 14.6 Å². The molecular formula is C17H19FN4O2. The summed E-state index contributed by atoms with van der Waals surface area (Å²) < 4.78 is 26.0. The molecule has 1 N–H and O–H groups in total. The lowest BCUT2D eigenvalue weighted by molar-refractivity contribution is 0.145. The van der Waals surface area contributed by atoms with Crippen molar-refractivity contribution in [2.75, 3.05) is 25.6 Å². The lowest BCUT2D eigenvalue weighted by atomic mass is 10.1. The maximum absolute atomic E-state index is 13.7. The number of nitrogens with one attached hydrogen (secondary N) is 1. The fourth-order valence-corrected chi connectivity index (χ4v) is 2.42. The van der Waals surface area contributed by atoms with Gasteiger partial charge in [0.25, 0.3) is 0 Å². The van der Waals surface area contributed by atoms with Gasteiger partial charge in [0.15, 0.2) is 5.65 Å². The third-order valence-electron chi connectivity index (χ3n) is 3.61. The fourth-order valence-electron chi connectivity index (χ4n) is 2.42. The number of halogens is 1. The van der Waals surface area contributed by atoms with E-state index in [-0.39, 0.29) is 11.9 Å². The van der Waals surface area contributed by atoms with Gasteiger partial charge in [0.05, 0.1) is 18.8 Å². The van der Waals surface area contributed by atoms with Crippen molar-refractivity contribution in [3.8, 4) is 5.75 Å². The van der Waals surface area contributed by atoms with Crippen LogP contribution in [0.4, 0.5) is 10.2 Å². The van der Waals surface area contributed by atoms with Crippen LogP contribution in [0.3, 0.4) is 0 Å². The van der Waals surface area contributed by atoms with Gasteiger partial charge in [-0.1, -0.05) is 0 Å². The predicted octanol–water partition coefficient (Wildman–Crippen LogP) is 3.07. The van der Waals surface area contributed by atoms with E-state index in [1.54, 1.807) is 23.9 Å². The van der Waals surface area contributed by atoms with Gasteiger partial charge >= 0.3 is 0 Å². The molecule has 126 valence electrons. The van der Waals surface area contributed by atoms with Gasteiger partial charge < -0.3 is 14.8 Å². The Morgan fingerprint density at radius 3 is 2.96 bits per heavy atom. The molecule has 1 aromatic carbocycles. The number of rotatable bonds is 7. The molecule has 2 heterocycles. The standard InChI is InChI=1S/C17H19FN4O2/c1-12(20-16-6-8-22-17(21-16)5-7-19-22)14-11-13(18)3-4-15(14)24-10-9-23-2/h3-8,11-12H,9-10H2,1-2H3,(H,20,21). The third kappa shape index (κ3) is 3.62. The number of fused-ring (bicyclic) bond motifs is 1. The highest BCUT2D eigenvalue weighted by molar-refractivity contribution is 5.48. The second kappa shape index (κ2) is 7.27. The number of benzene rings is 1. The molecule has 0 amide bonds. The minimum absolute atomic E-state index is 0.184. The Kier molecular flexibility index (Phi) is 4.90. The molecule has 2 aromatic heterocycles. The number of hydrogen-bond acceptors (Lipinski definition) is 5. The largest absolute Gasteiger partial charge is 0.491 e. The van der Waals surface area contributed by atoms with Crippen LogP contribution in [0.2, 0.25) is 0 Å². The summed E-state index contributed by atoms with van der Waals surface area (Å²) in [4.78, 5) is 4.46. The van der Waals surface area contributed by atoms with E-state index in [4.69, 9.17) is 9.47 Å². The van der Waals surface area contributed by atoms with Crippen LogP contribution in [-0.4, -0.2) is 34.9 Å². The Balaban J connectivity index is 1.79. The zero-order valence-corrected chi connectivity index (χ0v) is 13.6. The quantitative estimate of drug-likeness (QED) is 0.675. The predicted molar refractivity (Wildman–Crippen MR) is 88.8 cm³/mol. The average Bonchev–Trinajstić information content (AvgIpc) is 3.04. The van der Waals surface area contributed by atoms with E-state index in [1.165, 1.54) is 12.1 Å². The highest BCUT2D eigenvalue weighted by Gasteiger charge is 2.14. The van der Waals surface area contributed by atoms with Crippen molar-refractivity contribution in [2.24, 2.45) is 0 Å². The van der Waals surface area contributed by atoms with E-state index in [1.807, 2.05) is 25.3 Å². The maximum Gasteiger partial charge on any atom is 0.157 e. The third-order valence-corrected chi connectivity index (χ3v) is 3.61. The summed E-state index contributed by atoms with van der Waals surface area (Å²) in [5, 5.41) is 7.38. The van der Waals surface area contributed by atoms with Crippen LogP contribution in [0.25, 0.3) is 5.65 Å². The molecule has 0 aliphatic carbocycles. The number of hydrogen-bond donors (Lipinski definition) is 1. The van der Waals surface area contributed by atoms with Crippen LogP contribution in [0.15, 0.2) is 42.7 Å². The molecule has 1 unspecified atom stereocenters. The van der Waals surface area contributed by atoms with Gasteiger partial charge in [-0.3, -0.25) is 0 Å². The van der Waals surface area contributed by atoms with Crippen LogP contribution < -0.4 is 10.1 Å². The molecule has 1 atom stereocenters. The Bertz CT molecular complexity index is 821. The maximum atomic E-state index is 13.7. The molecule has 3 rings (SSSR count). The molecule has 0 aliphatic rings. The Labute approximate surface area is 139 Å². The summed E-state index contributed by atoms with van der Waals surface area (Å²) in [5.41, 5.74) is 1.46. The molecule has 7 heteroatoms. The van der Waals surface area contributed by atoms with Crippen molar-refractivity contribution < 1.29 is 13.9 Å². The van der Waals surface area contributed by atoms with Crippen molar-refractivity contribution in [2.45, 2.75) is 13.0 Å². The molecular weight excluding hydrogens is 311 g/mol. The van der Waals surface area contributed by atoms with Crippen LogP contribution in [0.5, 0.6) is 5.75 Å². The minimum atomic E-state index is -0.308. The molecule has 24 heavy (non-hydrogen) atoms. The molecule has 0 saturated heterocycles. The Morgan fingerprint density at radius 2 is 2.12 bits per heavy atom. The molecule has 0 fully saturated rings. The smallest absolute Gasteiger partial charge is 0.157 e. The number of anilines is 1. The van der Waals surface area contributed by atoms with Crippen molar-refractivity contribution in [3.05, 3.63) is 54.1 Å². The topological polar surface area (TPSA) is 60.7 Å². The zero-order chi connectivity index (χ0) is 16.9. The normalized spacial score (nSPS) is 12.3. The van der Waals surface area contributed by atoms with Crippen LogP contribution in [0.1, 0.15) is 18.5 Å². The number of aromatic nitrogens is 3. The van der Waals surface area contributed by atoms with Gasteiger partial charge in [-0.15, -0.1) is 0 Å². The van der Waals surface area contributed by atoms with E-state index < -0.39 is 0 Å². The summed E-state index contributed by atoms with van der Waals surface area (Å²) in [6.45, 7) is 2.81. The number of nitrogens with zero attached hydrogens (tertiary/aromatic N) is 3. The second-order valence-corrected chi connectivity index (χ2v) is 5.34. The highest BCUT2D eigenvalue weighted by Crippen LogP contribution is 2.28. The molecule has 0 aliphatic heterocycles. The van der Waals surface area contributed by atoms with Gasteiger partial charge in [-0.25, -0.2) is 13.9 Å². The first-order chi connectivity index (χ1) is 11.7. The summed E-state index contributed by atoms with van der Waals surface area (Å²) in [6.07, 6.45) is 3.50. The van der Waals surface area contributed by atoms with Gasteiger partial charge in [0, 0.05) is 24.9 Å². The van der Waals surface area contributed by atoms with Gasteiger partial charge in [-0.05, 0) is 31.2 Å². The first-order valence-electron chi connectivity index (χ1n) is 7.65. The molecule has 0 bridgehead atoms. The first-order valence-corrected chi connectivity index (χ1v) is 7.65. The Hall–Kier alpha value is -2.67. The first kappa shape index (κ1) is 16.2. The second-order valence-electron chi connectivity index (χ2n) is 5.34. The lowest BCUT2D eigenvalue weighted by Crippen LogP contribution is -2.12. The summed E-state index contributed by atoms with van der Waals surface area (Å²) >= 11 is 0. The summed E-state index contributed by atoms with van der Waals surface area (Å²) in [5.74, 6) is 0.999. The Morgan fingerprint density at radius 1 is 1.25 bits per heavy atom. The van der Waals surface area contributed by atoms with Gasteiger partial charge in [0.1, 0.15) is 24.0 Å². The molecule has 0 radical (unpaired) electrons. The van der Waals surface area contributed by atoms with Crippen molar-refractivity contribution in [1.29, 1.82) is 0 Å². The van der Waals surface area contributed by atoms with Crippen molar-refractivity contribution >= 4 is 11.5 Å². The summed E-state index contributed by atoms with van der Waals surface area (Å²) in [7, 11) is 1.61. The molecule has 6 nitrogen and oxygen atoms in total. The molecule has 3 aromatic rings. The number of methoxy groups -OCH3 is 1. The highest BCUT2D eigenvalue weighted by atomic mass is 19.1. The molecule has 0 saturated carbocycles. The van der Waals surface area contributed by atoms with Gasteiger partial charge in [-0.2, -0.15) is 5.10 Å². The number of ether oxygens (including phenoxy) is 2. The molecule has 0 spiro atoms. The van der Waals surface area contributed by atoms with E-state index in [0.717, 1.165) is 11.2 Å². The van der Waals surface area contributed by atoms with Crippen molar-refractivity contribution in [3.63, 3.8) is 0 Å². The SMILES string of the molecule is COCCOc1ccc(F)cc1C(C)Nc1ccn2nccc2n1. The van der Waals surface area contributed by atoms with E-state index in [0.29, 0.717) is 24.8 Å². The van der Waals surface area contributed by atoms with Crippen LogP contribution in [-0.2, 0) is 4.74 Å². The van der Waals surface area contributed by atoms with E-state index >= 15 is 0 Å². The van der Waals surface area contributed by atoms with Gasteiger partial charge in [0.2, 0.25) is 0 Å². The lowest BCUT2D eigenvalue weighted by Gasteiger charge is -2.19. The van der Waals surface area contributed by atoms with Crippen LogP contribution in [0, 0.1) is 5.82 Å². The summed E-state index contributed by atoms with van der Waals surface area (Å²) in [6, 6.07) is 7.94. The van der Waals surface area contributed by atoms with E-state index in [9.17, 15) is 4.39 Å². The fraction of sp³-hybridized carbons (Fsp3) is 0.294. The average molecular weight is 330 g/mol.